The lowest BCUT2D eigenvalue weighted by atomic mass is 10.1. The van der Waals surface area contributed by atoms with Crippen molar-refractivity contribution >= 4 is 34.7 Å². The molecule has 4 rings (SSSR count). The van der Waals surface area contributed by atoms with E-state index in [1.54, 1.807) is 18.2 Å². The Morgan fingerprint density at radius 2 is 1.78 bits per heavy atom. The highest BCUT2D eigenvalue weighted by Gasteiger charge is 2.21. The number of nitro benzene ring substituents is 1. The van der Waals surface area contributed by atoms with Crippen LogP contribution in [0.1, 0.15) is 36.0 Å². The number of aromatic nitrogens is 2. The Balaban J connectivity index is 1.52. The van der Waals surface area contributed by atoms with Crippen LogP contribution in [0.2, 0.25) is 5.02 Å². The third-order valence-electron chi connectivity index (χ3n) is 5.40. The monoisotopic (exact) mass is 451 g/mol. The molecule has 0 saturated carbocycles. The molecule has 1 N–H and O–H groups in total. The van der Waals surface area contributed by atoms with E-state index in [0.29, 0.717) is 11.4 Å². The van der Waals surface area contributed by atoms with Crippen LogP contribution in [0.5, 0.6) is 0 Å². The van der Waals surface area contributed by atoms with Crippen LogP contribution in [-0.4, -0.2) is 34.1 Å². The average molecular weight is 452 g/mol. The molecule has 0 spiro atoms. The van der Waals surface area contributed by atoms with Crippen molar-refractivity contribution in [3.05, 3.63) is 75.3 Å². The van der Waals surface area contributed by atoms with Gasteiger partial charge in [0.1, 0.15) is 5.56 Å². The van der Waals surface area contributed by atoms with Crippen molar-refractivity contribution in [1.29, 1.82) is 0 Å². The summed E-state index contributed by atoms with van der Waals surface area (Å²) >= 11 is 5.93. The summed E-state index contributed by atoms with van der Waals surface area (Å²) in [6, 6.07) is 14.9. The summed E-state index contributed by atoms with van der Waals surface area (Å²) in [5.74, 6) is 0.257. The minimum absolute atomic E-state index is 0.102. The minimum atomic E-state index is -0.612. The average Bonchev–Trinajstić information content (AvgIpc) is 3.09. The summed E-state index contributed by atoms with van der Waals surface area (Å²) in [6.45, 7) is 1.98. The molecule has 0 unspecified atom stereocenters. The third-order valence-corrected chi connectivity index (χ3v) is 5.63. The van der Waals surface area contributed by atoms with Gasteiger partial charge in [-0.1, -0.05) is 36.6 Å². The second kappa shape index (κ2) is 9.74. The SMILES string of the molecule is O=C(Nc1cccc(-c2ccc(N3CCCCCC3)nn2)c1)c1cc(Cl)ccc1[N+](=O)[O-]. The summed E-state index contributed by atoms with van der Waals surface area (Å²) in [5, 5.41) is 23.0. The molecule has 1 aromatic heterocycles. The van der Waals surface area contributed by atoms with Gasteiger partial charge in [-0.2, -0.15) is 0 Å². The van der Waals surface area contributed by atoms with Gasteiger partial charge in [-0.15, -0.1) is 10.2 Å². The van der Waals surface area contributed by atoms with E-state index in [1.165, 1.54) is 31.0 Å². The van der Waals surface area contributed by atoms with Gasteiger partial charge in [0, 0.05) is 35.4 Å². The first-order chi connectivity index (χ1) is 15.5. The molecule has 1 aliphatic heterocycles. The van der Waals surface area contributed by atoms with Crippen molar-refractivity contribution < 1.29 is 9.72 Å². The molecule has 0 aliphatic carbocycles. The maximum atomic E-state index is 12.7. The van der Waals surface area contributed by atoms with E-state index >= 15 is 0 Å². The summed E-state index contributed by atoms with van der Waals surface area (Å²) in [7, 11) is 0. The number of nitrogens with one attached hydrogen (secondary N) is 1. The highest BCUT2D eigenvalue weighted by molar-refractivity contribution is 6.31. The number of nitrogens with zero attached hydrogens (tertiary/aromatic N) is 4. The van der Waals surface area contributed by atoms with E-state index in [2.05, 4.69) is 20.4 Å². The summed E-state index contributed by atoms with van der Waals surface area (Å²) < 4.78 is 0. The van der Waals surface area contributed by atoms with Crippen LogP contribution in [0.25, 0.3) is 11.3 Å². The Kier molecular flexibility index (Phi) is 6.61. The van der Waals surface area contributed by atoms with Gasteiger partial charge in [0.25, 0.3) is 11.6 Å². The fourth-order valence-electron chi connectivity index (χ4n) is 3.75. The first kappa shape index (κ1) is 21.7. The molecule has 1 saturated heterocycles. The maximum absolute atomic E-state index is 12.7. The highest BCUT2D eigenvalue weighted by Crippen LogP contribution is 2.26. The molecule has 1 fully saturated rings. The predicted octanol–water partition coefficient (Wildman–Crippen LogP) is 5.34. The van der Waals surface area contributed by atoms with Gasteiger partial charge in [-0.25, -0.2) is 0 Å². The van der Waals surface area contributed by atoms with Crippen LogP contribution in [0.15, 0.2) is 54.6 Å². The van der Waals surface area contributed by atoms with Gasteiger partial charge < -0.3 is 10.2 Å². The molecule has 2 heterocycles. The molecule has 164 valence electrons. The summed E-state index contributed by atoms with van der Waals surface area (Å²) in [6.07, 6.45) is 4.82. The standard InChI is InChI=1S/C23H22ClN5O3/c24-17-8-10-21(29(31)32)19(15-17)23(30)25-18-7-5-6-16(14-18)20-9-11-22(27-26-20)28-12-3-1-2-4-13-28/h5-11,14-15H,1-4,12-13H2,(H,25,30). The molecule has 1 amide bonds. The first-order valence-corrected chi connectivity index (χ1v) is 10.8. The molecule has 0 atom stereocenters. The zero-order valence-corrected chi connectivity index (χ0v) is 18.1. The molecule has 2 aromatic carbocycles. The van der Waals surface area contributed by atoms with Gasteiger partial charge in [-0.3, -0.25) is 14.9 Å². The van der Waals surface area contributed by atoms with Gasteiger partial charge >= 0.3 is 0 Å². The number of benzene rings is 2. The van der Waals surface area contributed by atoms with E-state index < -0.39 is 10.8 Å². The lowest BCUT2D eigenvalue weighted by Gasteiger charge is -2.20. The summed E-state index contributed by atoms with van der Waals surface area (Å²) in [5.41, 5.74) is 1.53. The molecule has 1 aliphatic rings. The van der Waals surface area contributed by atoms with Crippen molar-refractivity contribution in [2.75, 3.05) is 23.3 Å². The molecule has 8 nitrogen and oxygen atoms in total. The molecule has 0 bridgehead atoms. The smallest absolute Gasteiger partial charge is 0.282 e. The molecule has 9 heteroatoms. The van der Waals surface area contributed by atoms with Crippen molar-refractivity contribution in [3.8, 4) is 11.3 Å². The van der Waals surface area contributed by atoms with Gasteiger partial charge in [0.05, 0.1) is 10.6 Å². The molecule has 3 aromatic rings. The zero-order valence-electron chi connectivity index (χ0n) is 17.3. The number of hydrogen-bond acceptors (Lipinski definition) is 6. The lowest BCUT2D eigenvalue weighted by molar-refractivity contribution is -0.385. The van der Waals surface area contributed by atoms with Crippen molar-refractivity contribution in [2.24, 2.45) is 0 Å². The van der Waals surface area contributed by atoms with Crippen molar-refractivity contribution in [2.45, 2.75) is 25.7 Å². The third kappa shape index (κ3) is 5.03. The van der Waals surface area contributed by atoms with Crippen LogP contribution in [0.4, 0.5) is 17.2 Å². The Morgan fingerprint density at radius 1 is 1.00 bits per heavy atom. The van der Waals surface area contributed by atoms with E-state index in [-0.39, 0.29) is 16.3 Å². The van der Waals surface area contributed by atoms with E-state index in [9.17, 15) is 14.9 Å². The number of rotatable bonds is 5. The van der Waals surface area contributed by atoms with Gasteiger partial charge in [0.2, 0.25) is 0 Å². The van der Waals surface area contributed by atoms with Gasteiger partial charge in [-0.05, 0) is 49.2 Å². The Hall–Kier alpha value is -3.52. The van der Waals surface area contributed by atoms with Crippen LogP contribution in [0, 0.1) is 10.1 Å². The molecular formula is C23H22ClN5O3. The predicted molar refractivity (Wildman–Crippen MR) is 124 cm³/mol. The number of carbonyl (C=O) groups is 1. The first-order valence-electron chi connectivity index (χ1n) is 10.5. The normalized spacial score (nSPS) is 14.0. The second-order valence-corrected chi connectivity index (χ2v) is 8.07. The number of nitro groups is 1. The Labute approximate surface area is 190 Å². The number of hydrogen-bond donors (Lipinski definition) is 1. The quantitative estimate of drug-likeness (QED) is 0.415. The van der Waals surface area contributed by atoms with Crippen LogP contribution in [0.3, 0.4) is 0 Å². The highest BCUT2D eigenvalue weighted by atomic mass is 35.5. The number of anilines is 2. The Morgan fingerprint density at radius 3 is 2.47 bits per heavy atom. The topological polar surface area (TPSA) is 101 Å². The largest absolute Gasteiger partial charge is 0.355 e. The fourth-order valence-corrected chi connectivity index (χ4v) is 3.92. The lowest BCUT2D eigenvalue weighted by Crippen LogP contribution is -2.25. The van der Waals surface area contributed by atoms with Crippen molar-refractivity contribution in [3.63, 3.8) is 0 Å². The molecule has 0 radical (unpaired) electrons. The van der Waals surface area contributed by atoms with E-state index in [0.717, 1.165) is 37.3 Å². The molecule has 32 heavy (non-hydrogen) atoms. The fraction of sp³-hybridized carbons (Fsp3) is 0.261. The number of halogens is 1. The summed E-state index contributed by atoms with van der Waals surface area (Å²) in [4.78, 5) is 25.6. The van der Waals surface area contributed by atoms with E-state index in [4.69, 9.17) is 11.6 Å². The Bertz CT molecular complexity index is 1130. The second-order valence-electron chi connectivity index (χ2n) is 7.63. The van der Waals surface area contributed by atoms with Crippen LogP contribution >= 0.6 is 11.6 Å². The maximum Gasteiger partial charge on any atom is 0.282 e. The van der Waals surface area contributed by atoms with Gasteiger partial charge in [0.15, 0.2) is 5.82 Å². The number of amides is 1. The van der Waals surface area contributed by atoms with Crippen LogP contribution in [-0.2, 0) is 0 Å². The van der Waals surface area contributed by atoms with Crippen molar-refractivity contribution in [1.82, 2.24) is 10.2 Å². The minimum Gasteiger partial charge on any atom is -0.355 e. The van der Waals surface area contributed by atoms with Crippen LogP contribution < -0.4 is 10.2 Å². The zero-order chi connectivity index (χ0) is 22.5. The number of carbonyl (C=O) groups excluding carboxylic acids is 1. The van der Waals surface area contributed by atoms with E-state index in [1.807, 2.05) is 18.2 Å². The molecular weight excluding hydrogens is 430 g/mol.